The molecule has 0 unspecified atom stereocenters. The quantitative estimate of drug-likeness (QED) is 0.808. The van der Waals surface area contributed by atoms with E-state index in [1.54, 1.807) is 17.0 Å². The van der Waals surface area contributed by atoms with E-state index >= 15 is 0 Å². The second-order valence-electron chi connectivity index (χ2n) is 4.10. The van der Waals surface area contributed by atoms with Gasteiger partial charge in [-0.3, -0.25) is 9.59 Å². The summed E-state index contributed by atoms with van der Waals surface area (Å²) in [7, 11) is 0. The predicted molar refractivity (Wildman–Crippen MR) is 81.7 cm³/mol. The summed E-state index contributed by atoms with van der Waals surface area (Å²) < 4.78 is 14.4. The highest BCUT2D eigenvalue weighted by molar-refractivity contribution is 9.10. The van der Waals surface area contributed by atoms with Crippen LogP contribution >= 0.6 is 27.7 Å². The van der Waals surface area contributed by atoms with Crippen LogP contribution in [0.4, 0.5) is 4.39 Å². The molecule has 20 heavy (non-hydrogen) atoms. The molecule has 4 nitrogen and oxygen atoms in total. The minimum Gasteiger partial charge on any atom is -0.369 e. The molecule has 110 valence electrons. The summed E-state index contributed by atoms with van der Waals surface area (Å²) in [5, 5.41) is 0. The highest BCUT2D eigenvalue weighted by Gasteiger charge is 2.15. The summed E-state index contributed by atoms with van der Waals surface area (Å²) >= 11 is 4.44. The zero-order valence-corrected chi connectivity index (χ0v) is 13.5. The molecule has 0 saturated carbocycles. The van der Waals surface area contributed by atoms with Gasteiger partial charge in [0.2, 0.25) is 11.8 Å². The van der Waals surface area contributed by atoms with E-state index < -0.39 is 5.91 Å². The number of amides is 2. The minimum absolute atomic E-state index is 0.106. The van der Waals surface area contributed by atoms with E-state index in [2.05, 4.69) is 15.9 Å². The Morgan fingerprint density at radius 2 is 2.10 bits per heavy atom. The smallest absolute Gasteiger partial charge is 0.232 e. The van der Waals surface area contributed by atoms with Gasteiger partial charge in [0.1, 0.15) is 5.82 Å². The molecule has 0 bridgehead atoms. The largest absolute Gasteiger partial charge is 0.369 e. The van der Waals surface area contributed by atoms with Crippen molar-refractivity contribution in [2.45, 2.75) is 13.5 Å². The Labute approximate surface area is 130 Å². The molecule has 0 atom stereocenters. The SMILES string of the molecule is CCN(Cc1cc(Br)ccc1F)C(=O)CSCC(N)=O. The van der Waals surface area contributed by atoms with Gasteiger partial charge in [-0.25, -0.2) is 4.39 Å². The molecule has 0 aliphatic carbocycles. The molecule has 0 aliphatic rings. The van der Waals surface area contributed by atoms with Gasteiger partial charge in [0, 0.05) is 23.1 Å². The molecule has 2 N–H and O–H groups in total. The number of hydrogen-bond donors (Lipinski definition) is 1. The molecular formula is C13H16BrFN2O2S. The monoisotopic (exact) mass is 362 g/mol. The van der Waals surface area contributed by atoms with Gasteiger partial charge in [-0.15, -0.1) is 11.8 Å². The van der Waals surface area contributed by atoms with E-state index in [9.17, 15) is 14.0 Å². The first kappa shape index (κ1) is 17.0. The van der Waals surface area contributed by atoms with Gasteiger partial charge in [0.25, 0.3) is 0 Å². The summed E-state index contributed by atoms with van der Waals surface area (Å²) in [5.74, 6) is -0.674. The molecule has 1 aromatic carbocycles. The highest BCUT2D eigenvalue weighted by Crippen LogP contribution is 2.17. The Hall–Kier alpha value is -1.08. The average molecular weight is 363 g/mol. The van der Waals surface area contributed by atoms with Gasteiger partial charge in [-0.05, 0) is 25.1 Å². The molecule has 0 spiro atoms. The van der Waals surface area contributed by atoms with E-state index in [1.807, 2.05) is 6.92 Å². The second kappa shape index (κ2) is 8.26. The molecule has 1 rings (SSSR count). The van der Waals surface area contributed by atoms with Crippen molar-refractivity contribution in [3.8, 4) is 0 Å². The predicted octanol–water partition coefficient (Wildman–Crippen LogP) is 2.16. The van der Waals surface area contributed by atoms with Crippen LogP contribution in [0.3, 0.4) is 0 Å². The zero-order valence-electron chi connectivity index (χ0n) is 11.1. The summed E-state index contributed by atoms with van der Waals surface area (Å²) in [6.07, 6.45) is 0. The van der Waals surface area contributed by atoms with Crippen LogP contribution in [0.15, 0.2) is 22.7 Å². The summed E-state index contributed by atoms with van der Waals surface area (Å²) in [6, 6.07) is 4.63. The molecule has 0 aliphatic heterocycles. The lowest BCUT2D eigenvalue weighted by Crippen LogP contribution is -2.32. The third-order valence-corrected chi connectivity index (χ3v) is 4.01. The Balaban J connectivity index is 2.64. The van der Waals surface area contributed by atoms with Crippen molar-refractivity contribution < 1.29 is 14.0 Å². The van der Waals surface area contributed by atoms with Crippen LogP contribution in [0.25, 0.3) is 0 Å². The first-order valence-corrected chi connectivity index (χ1v) is 7.96. The summed E-state index contributed by atoms with van der Waals surface area (Å²) in [5.41, 5.74) is 5.46. The molecule has 0 heterocycles. The van der Waals surface area contributed by atoms with Crippen molar-refractivity contribution in [3.05, 3.63) is 34.1 Å². The molecule has 0 radical (unpaired) electrons. The van der Waals surface area contributed by atoms with Crippen molar-refractivity contribution in [1.82, 2.24) is 4.90 Å². The number of primary amides is 1. The van der Waals surface area contributed by atoms with Crippen molar-refractivity contribution in [2.24, 2.45) is 5.73 Å². The zero-order chi connectivity index (χ0) is 15.1. The first-order chi connectivity index (χ1) is 9.43. The van der Waals surface area contributed by atoms with Gasteiger partial charge in [-0.2, -0.15) is 0 Å². The first-order valence-electron chi connectivity index (χ1n) is 6.01. The maximum Gasteiger partial charge on any atom is 0.232 e. The van der Waals surface area contributed by atoms with E-state index in [-0.39, 0.29) is 29.8 Å². The van der Waals surface area contributed by atoms with Crippen LogP contribution in [0, 0.1) is 5.82 Å². The van der Waals surface area contributed by atoms with Crippen molar-refractivity contribution in [1.29, 1.82) is 0 Å². The lowest BCUT2D eigenvalue weighted by atomic mass is 10.2. The van der Waals surface area contributed by atoms with Gasteiger partial charge < -0.3 is 10.6 Å². The fourth-order valence-corrected chi connectivity index (χ4v) is 2.65. The molecule has 1 aromatic rings. The standard InChI is InChI=1S/C13H16BrFN2O2S/c1-2-17(13(19)8-20-7-12(16)18)6-9-5-10(14)3-4-11(9)15/h3-5H,2,6-8H2,1H3,(H2,16,18). The Morgan fingerprint density at radius 1 is 1.40 bits per heavy atom. The van der Waals surface area contributed by atoms with E-state index in [0.717, 1.165) is 16.2 Å². The maximum absolute atomic E-state index is 13.7. The number of hydrogen-bond acceptors (Lipinski definition) is 3. The normalized spacial score (nSPS) is 10.3. The van der Waals surface area contributed by atoms with Crippen LogP contribution in [0.2, 0.25) is 0 Å². The highest BCUT2D eigenvalue weighted by atomic mass is 79.9. The topological polar surface area (TPSA) is 63.4 Å². The van der Waals surface area contributed by atoms with Gasteiger partial charge in [0.05, 0.1) is 11.5 Å². The number of nitrogens with zero attached hydrogens (tertiary/aromatic N) is 1. The van der Waals surface area contributed by atoms with Crippen LogP contribution in [-0.2, 0) is 16.1 Å². The Morgan fingerprint density at radius 3 is 2.70 bits per heavy atom. The summed E-state index contributed by atoms with van der Waals surface area (Å²) in [6.45, 7) is 2.51. The third-order valence-electron chi connectivity index (χ3n) is 2.57. The molecule has 0 saturated heterocycles. The van der Waals surface area contributed by atoms with E-state index in [1.165, 1.54) is 6.07 Å². The van der Waals surface area contributed by atoms with Gasteiger partial charge >= 0.3 is 0 Å². The van der Waals surface area contributed by atoms with Crippen LogP contribution < -0.4 is 5.73 Å². The molecule has 2 amide bonds. The second-order valence-corrected chi connectivity index (χ2v) is 6.00. The van der Waals surface area contributed by atoms with Crippen molar-refractivity contribution in [3.63, 3.8) is 0 Å². The number of nitrogens with two attached hydrogens (primary N) is 1. The average Bonchev–Trinajstić information content (AvgIpc) is 2.39. The van der Waals surface area contributed by atoms with Crippen molar-refractivity contribution >= 4 is 39.5 Å². The number of carbonyl (C=O) groups is 2. The number of benzene rings is 1. The van der Waals surface area contributed by atoms with Crippen LogP contribution in [0.5, 0.6) is 0 Å². The lowest BCUT2D eigenvalue weighted by molar-refractivity contribution is -0.128. The van der Waals surface area contributed by atoms with Crippen molar-refractivity contribution in [2.75, 3.05) is 18.1 Å². The van der Waals surface area contributed by atoms with E-state index in [0.29, 0.717) is 12.1 Å². The minimum atomic E-state index is -0.455. The molecule has 7 heteroatoms. The Kier molecular flexibility index (Phi) is 7.01. The van der Waals surface area contributed by atoms with Crippen LogP contribution in [-0.4, -0.2) is 34.8 Å². The number of thioether (sulfide) groups is 1. The Bertz CT molecular complexity index is 499. The van der Waals surface area contributed by atoms with Crippen LogP contribution in [0.1, 0.15) is 12.5 Å². The molecular weight excluding hydrogens is 347 g/mol. The fourth-order valence-electron chi connectivity index (χ4n) is 1.58. The molecule has 0 fully saturated rings. The number of rotatable bonds is 7. The number of carbonyl (C=O) groups excluding carboxylic acids is 2. The summed E-state index contributed by atoms with van der Waals surface area (Å²) in [4.78, 5) is 24.1. The van der Waals surface area contributed by atoms with E-state index in [4.69, 9.17) is 5.73 Å². The third kappa shape index (κ3) is 5.50. The maximum atomic E-state index is 13.7. The van der Waals surface area contributed by atoms with Gasteiger partial charge in [-0.1, -0.05) is 15.9 Å². The number of halogens is 2. The van der Waals surface area contributed by atoms with Gasteiger partial charge in [0.15, 0.2) is 0 Å². The fraction of sp³-hybridized carbons (Fsp3) is 0.385. The molecule has 0 aromatic heterocycles. The lowest BCUT2D eigenvalue weighted by Gasteiger charge is -2.21.